The Bertz CT molecular complexity index is 1330. The Labute approximate surface area is 206 Å². The summed E-state index contributed by atoms with van der Waals surface area (Å²) in [6, 6.07) is 10.3. The number of thioether (sulfide) groups is 1. The minimum Gasteiger partial charge on any atom is -0.496 e. The van der Waals surface area contributed by atoms with Crippen molar-refractivity contribution in [2.24, 2.45) is 0 Å². The van der Waals surface area contributed by atoms with Crippen LogP contribution in [-0.2, 0) is 9.59 Å². The normalized spacial score (nSPS) is 22.5. The van der Waals surface area contributed by atoms with Crippen molar-refractivity contribution in [2.75, 3.05) is 12.0 Å². The van der Waals surface area contributed by atoms with Crippen molar-refractivity contribution in [3.8, 4) is 11.5 Å². The minimum absolute atomic E-state index is 0.105. The summed E-state index contributed by atoms with van der Waals surface area (Å²) in [5.74, 6) is -0.402. The predicted octanol–water partition coefficient (Wildman–Crippen LogP) is 4.41. The molecule has 3 aliphatic heterocycles. The third-order valence-corrected chi connectivity index (χ3v) is 7.58. The lowest BCUT2D eigenvalue weighted by Gasteiger charge is -2.43. The summed E-state index contributed by atoms with van der Waals surface area (Å²) in [5.41, 5.74) is 2.37. The molecule has 2 aromatic carbocycles. The maximum atomic E-state index is 13.7. The first-order chi connectivity index (χ1) is 16.1. The van der Waals surface area contributed by atoms with Gasteiger partial charge in [-0.2, -0.15) is 0 Å². The van der Waals surface area contributed by atoms with E-state index in [1.807, 2.05) is 19.9 Å². The van der Waals surface area contributed by atoms with Crippen LogP contribution in [0.15, 0.2) is 41.3 Å². The van der Waals surface area contributed by atoms with Crippen molar-refractivity contribution in [3.63, 3.8) is 0 Å². The molecule has 0 unspecified atom stereocenters. The van der Waals surface area contributed by atoms with Gasteiger partial charge < -0.3 is 19.7 Å². The van der Waals surface area contributed by atoms with Gasteiger partial charge in [0.05, 0.1) is 23.3 Å². The van der Waals surface area contributed by atoms with E-state index in [0.29, 0.717) is 26.9 Å². The second-order valence-electron chi connectivity index (χ2n) is 9.10. The predicted molar refractivity (Wildman–Crippen MR) is 134 cm³/mol. The molecule has 9 heteroatoms. The van der Waals surface area contributed by atoms with Crippen molar-refractivity contribution in [3.05, 3.63) is 58.0 Å². The Morgan fingerprint density at radius 1 is 1.24 bits per heavy atom. The highest BCUT2D eigenvalue weighted by Gasteiger charge is 2.49. The molecule has 1 N–H and O–H groups in total. The molecular formula is C25H22N2O5S2. The molecule has 1 saturated heterocycles. The molecule has 0 aliphatic carbocycles. The van der Waals surface area contributed by atoms with E-state index < -0.39 is 17.4 Å². The smallest absolute Gasteiger partial charge is 0.347 e. The first-order valence-corrected chi connectivity index (χ1v) is 12.0. The van der Waals surface area contributed by atoms with Crippen LogP contribution in [0.5, 0.6) is 11.5 Å². The van der Waals surface area contributed by atoms with Gasteiger partial charge in [0.2, 0.25) is 0 Å². The number of carbonyl (C=O) groups excluding carboxylic acids is 3. The SMILES string of the molecule is COc1ccccc1C(=O)Oc1cc2c3c(c1)[C@H](C)CC(C)(C)N3C(=O)/C2=C1/SC(=S)NC1=O. The Kier molecular flexibility index (Phi) is 5.29. The van der Waals surface area contributed by atoms with Gasteiger partial charge in [-0.1, -0.05) is 43.0 Å². The fourth-order valence-electron chi connectivity index (χ4n) is 5.03. The number of amides is 2. The number of nitrogens with one attached hydrogen (secondary N) is 1. The highest BCUT2D eigenvalue weighted by Crippen LogP contribution is 2.54. The number of anilines is 1. The van der Waals surface area contributed by atoms with Crippen LogP contribution in [0.4, 0.5) is 5.69 Å². The topological polar surface area (TPSA) is 84.9 Å². The van der Waals surface area contributed by atoms with Crippen molar-refractivity contribution in [1.29, 1.82) is 0 Å². The molecule has 174 valence electrons. The van der Waals surface area contributed by atoms with Gasteiger partial charge in [0.15, 0.2) is 0 Å². The molecule has 1 atom stereocenters. The Hall–Kier alpha value is -3.17. The number of esters is 1. The molecule has 2 amide bonds. The second kappa shape index (κ2) is 7.95. The summed E-state index contributed by atoms with van der Waals surface area (Å²) in [6.07, 6.45) is 0.718. The number of hydrogen-bond donors (Lipinski definition) is 1. The van der Waals surface area contributed by atoms with Crippen LogP contribution >= 0.6 is 24.0 Å². The maximum Gasteiger partial charge on any atom is 0.347 e. The quantitative estimate of drug-likeness (QED) is 0.293. The van der Waals surface area contributed by atoms with E-state index in [4.69, 9.17) is 21.7 Å². The van der Waals surface area contributed by atoms with E-state index in [-0.39, 0.29) is 22.3 Å². The highest BCUT2D eigenvalue weighted by atomic mass is 32.2. The molecule has 7 nitrogen and oxygen atoms in total. The molecule has 0 bridgehead atoms. The molecular weight excluding hydrogens is 472 g/mol. The van der Waals surface area contributed by atoms with Crippen LogP contribution in [0.1, 0.15) is 54.6 Å². The number of carbonyl (C=O) groups is 3. The molecule has 0 aromatic heterocycles. The molecule has 34 heavy (non-hydrogen) atoms. The van der Waals surface area contributed by atoms with E-state index >= 15 is 0 Å². The Balaban J connectivity index is 1.67. The monoisotopic (exact) mass is 494 g/mol. The number of methoxy groups -OCH3 is 1. The number of thiocarbonyl (C=S) groups is 1. The summed E-state index contributed by atoms with van der Waals surface area (Å²) in [5, 5.41) is 2.60. The zero-order valence-corrected chi connectivity index (χ0v) is 20.7. The first kappa shape index (κ1) is 22.6. The average molecular weight is 495 g/mol. The van der Waals surface area contributed by atoms with Gasteiger partial charge in [0.1, 0.15) is 21.4 Å². The Morgan fingerprint density at radius 3 is 2.65 bits per heavy atom. The van der Waals surface area contributed by atoms with Gasteiger partial charge in [-0.25, -0.2) is 4.79 Å². The first-order valence-electron chi connectivity index (χ1n) is 10.8. The summed E-state index contributed by atoms with van der Waals surface area (Å²) in [4.78, 5) is 41.3. The lowest BCUT2D eigenvalue weighted by Crippen LogP contribution is -2.49. The highest BCUT2D eigenvalue weighted by molar-refractivity contribution is 8.27. The number of ether oxygens (including phenoxy) is 2. The lowest BCUT2D eigenvalue weighted by atomic mass is 9.80. The zero-order chi connectivity index (χ0) is 24.4. The van der Waals surface area contributed by atoms with Crippen molar-refractivity contribution in [2.45, 2.75) is 38.6 Å². The van der Waals surface area contributed by atoms with Crippen molar-refractivity contribution >= 4 is 57.3 Å². The number of para-hydroxylation sites is 1. The third-order valence-electron chi connectivity index (χ3n) is 6.35. The molecule has 5 rings (SSSR count). The maximum absolute atomic E-state index is 13.7. The van der Waals surface area contributed by atoms with Gasteiger partial charge in [0.25, 0.3) is 11.8 Å². The zero-order valence-electron chi connectivity index (χ0n) is 19.1. The molecule has 2 aromatic rings. The third kappa shape index (κ3) is 3.42. The molecule has 3 aliphatic rings. The molecule has 0 spiro atoms. The van der Waals surface area contributed by atoms with Crippen LogP contribution in [-0.4, -0.2) is 34.8 Å². The standard InChI is InChI=1S/C25H22N2O5S2/c1-12-11-25(2,3)27-19-15(12)9-13(32-23(30)14-7-5-6-8-17(14)31-4)10-16(19)18(22(27)29)20-21(28)26-24(33)34-20/h5-10,12H,11H2,1-4H3,(H,26,28,33)/b20-18+/t12-/m1/s1. The molecule has 0 saturated carbocycles. The number of hydrogen-bond acceptors (Lipinski definition) is 7. The van der Waals surface area contributed by atoms with Crippen LogP contribution in [0.25, 0.3) is 5.57 Å². The van der Waals surface area contributed by atoms with Crippen molar-refractivity contribution < 1.29 is 23.9 Å². The molecule has 1 fully saturated rings. The van der Waals surface area contributed by atoms with E-state index in [1.165, 1.54) is 7.11 Å². The number of benzene rings is 2. The van der Waals surface area contributed by atoms with Gasteiger partial charge >= 0.3 is 5.97 Å². The van der Waals surface area contributed by atoms with Crippen LogP contribution < -0.4 is 19.7 Å². The van der Waals surface area contributed by atoms with Crippen molar-refractivity contribution in [1.82, 2.24) is 5.32 Å². The Morgan fingerprint density at radius 2 is 1.97 bits per heavy atom. The summed E-state index contributed by atoms with van der Waals surface area (Å²) in [6.45, 7) is 6.12. The average Bonchev–Trinajstić information content (AvgIpc) is 3.26. The lowest BCUT2D eigenvalue weighted by molar-refractivity contribution is -0.116. The van der Waals surface area contributed by atoms with Gasteiger partial charge in [-0.15, -0.1) is 0 Å². The van der Waals surface area contributed by atoms with Crippen LogP contribution in [0, 0.1) is 0 Å². The van der Waals surface area contributed by atoms with Crippen LogP contribution in [0.2, 0.25) is 0 Å². The summed E-state index contributed by atoms with van der Waals surface area (Å²) < 4.78 is 11.4. The van der Waals surface area contributed by atoms with E-state index in [1.54, 1.807) is 35.2 Å². The van der Waals surface area contributed by atoms with E-state index in [9.17, 15) is 14.4 Å². The summed E-state index contributed by atoms with van der Waals surface area (Å²) in [7, 11) is 1.49. The van der Waals surface area contributed by atoms with Gasteiger partial charge in [-0.05, 0) is 56.0 Å². The van der Waals surface area contributed by atoms with Crippen LogP contribution in [0.3, 0.4) is 0 Å². The van der Waals surface area contributed by atoms with E-state index in [2.05, 4.69) is 12.2 Å². The second-order valence-corrected chi connectivity index (χ2v) is 10.8. The largest absolute Gasteiger partial charge is 0.496 e. The fourth-order valence-corrected chi connectivity index (χ4v) is 6.15. The molecule has 0 radical (unpaired) electrons. The number of rotatable bonds is 3. The fraction of sp³-hybridized carbons (Fsp3) is 0.280. The van der Waals surface area contributed by atoms with E-state index in [0.717, 1.165) is 29.4 Å². The molecule has 3 heterocycles. The van der Waals surface area contributed by atoms with Gasteiger partial charge in [0, 0.05) is 11.1 Å². The minimum atomic E-state index is -0.571. The van der Waals surface area contributed by atoms with Gasteiger partial charge in [-0.3, -0.25) is 9.59 Å². The number of nitrogens with zero attached hydrogens (tertiary/aromatic N) is 1. The summed E-state index contributed by atoms with van der Waals surface area (Å²) >= 11 is 6.24.